The Balaban J connectivity index is 2.71. The number of thioether (sulfide) groups is 1. The first-order chi connectivity index (χ1) is 10.7. The van der Waals surface area contributed by atoms with Crippen LogP contribution in [0.15, 0.2) is 43.7 Å². The number of halogens is 1. The number of unbranched alkanes of at least 4 members (excludes halogenated alkanes) is 3. The van der Waals surface area contributed by atoms with Gasteiger partial charge in [-0.25, -0.2) is 0 Å². The maximum absolute atomic E-state index is 11.8. The molecule has 0 aromatic heterocycles. The van der Waals surface area contributed by atoms with Crippen LogP contribution in [0.3, 0.4) is 0 Å². The second-order valence-corrected chi connectivity index (χ2v) is 7.98. The molecule has 4 heteroatoms. The van der Waals surface area contributed by atoms with Gasteiger partial charge in [-0.05, 0) is 60.1 Å². The summed E-state index contributed by atoms with van der Waals surface area (Å²) in [7, 11) is 0. The molecule has 0 aliphatic rings. The molecular formula is C18H25IO2S. The first-order valence-electron chi connectivity index (χ1n) is 7.93. The molecule has 0 aliphatic carbocycles. The van der Waals surface area contributed by atoms with Crippen molar-refractivity contribution in [2.24, 2.45) is 0 Å². The fourth-order valence-electron chi connectivity index (χ4n) is 2.07. The fourth-order valence-corrected chi connectivity index (χ4v) is 4.11. The van der Waals surface area contributed by atoms with E-state index in [1.807, 2.05) is 25.1 Å². The van der Waals surface area contributed by atoms with Crippen molar-refractivity contribution in [2.75, 3.05) is 6.61 Å². The number of rotatable bonds is 10. The van der Waals surface area contributed by atoms with Gasteiger partial charge in [-0.2, -0.15) is 0 Å². The summed E-state index contributed by atoms with van der Waals surface area (Å²) in [5.41, 5.74) is 1.21. The summed E-state index contributed by atoms with van der Waals surface area (Å²) in [6.45, 7) is 4.51. The van der Waals surface area contributed by atoms with Gasteiger partial charge in [0.15, 0.2) is 0 Å². The molecule has 0 amide bonds. The zero-order valence-corrected chi connectivity index (χ0v) is 16.4. The topological polar surface area (TPSA) is 26.3 Å². The third-order valence-electron chi connectivity index (χ3n) is 3.22. The van der Waals surface area contributed by atoms with Crippen LogP contribution in [-0.4, -0.2) is 12.6 Å². The maximum Gasteiger partial charge on any atom is 0.309 e. The van der Waals surface area contributed by atoms with Crippen LogP contribution in [0.1, 0.15) is 52.4 Å². The summed E-state index contributed by atoms with van der Waals surface area (Å²) in [6.07, 6.45) is 6.25. The summed E-state index contributed by atoms with van der Waals surface area (Å²) in [4.78, 5) is 13.0. The van der Waals surface area contributed by atoms with Crippen molar-refractivity contribution >= 4 is 40.3 Å². The molecule has 0 fully saturated rings. The van der Waals surface area contributed by atoms with E-state index in [1.54, 1.807) is 11.8 Å². The summed E-state index contributed by atoms with van der Waals surface area (Å²) < 4.78 is 6.32. The van der Waals surface area contributed by atoms with E-state index in [0.29, 0.717) is 13.0 Å². The van der Waals surface area contributed by atoms with Crippen molar-refractivity contribution in [1.82, 2.24) is 0 Å². The molecule has 0 atom stereocenters. The largest absolute Gasteiger partial charge is 0.466 e. The van der Waals surface area contributed by atoms with E-state index in [0.717, 1.165) is 12.8 Å². The first kappa shape index (κ1) is 19.6. The zero-order valence-electron chi connectivity index (χ0n) is 13.4. The Hall–Kier alpha value is -0.490. The Kier molecular flexibility index (Phi) is 10.7. The summed E-state index contributed by atoms with van der Waals surface area (Å²) in [5.74, 6) is -0.115. The second kappa shape index (κ2) is 12.0. The van der Waals surface area contributed by atoms with Crippen LogP contribution >= 0.6 is 34.4 Å². The van der Waals surface area contributed by atoms with Crippen LogP contribution in [0, 0.1) is 0 Å². The highest BCUT2D eigenvalue weighted by molar-refractivity contribution is 14.1. The number of benzene rings is 1. The molecule has 0 saturated heterocycles. The quantitative estimate of drug-likeness (QED) is 0.187. The predicted molar refractivity (Wildman–Crippen MR) is 103 cm³/mol. The van der Waals surface area contributed by atoms with Gasteiger partial charge in [-0.3, -0.25) is 4.79 Å². The highest BCUT2D eigenvalue weighted by Crippen LogP contribution is 2.36. The van der Waals surface area contributed by atoms with Gasteiger partial charge >= 0.3 is 5.97 Å². The van der Waals surface area contributed by atoms with Crippen molar-refractivity contribution in [1.29, 1.82) is 0 Å². The smallest absolute Gasteiger partial charge is 0.309 e. The minimum Gasteiger partial charge on any atom is -0.466 e. The Morgan fingerprint density at radius 1 is 1.14 bits per heavy atom. The van der Waals surface area contributed by atoms with Gasteiger partial charge in [0.1, 0.15) is 0 Å². The van der Waals surface area contributed by atoms with Crippen LogP contribution < -0.4 is 0 Å². The van der Waals surface area contributed by atoms with Crippen LogP contribution in [0.25, 0.3) is 0 Å². The lowest BCUT2D eigenvalue weighted by Gasteiger charge is -2.11. The number of carbonyl (C=O) groups is 1. The Labute approximate surface area is 152 Å². The Bertz CT molecular complexity index is 471. The van der Waals surface area contributed by atoms with E-state index in [1.165, 1.54) is 32.6 Å². The van der Waals surface area contributed by atoms with E-state index in [-0.39, 0.29) is 5.97 Å². The molecule has 22 heavy (non-hydrogen) atoms. The molecule has 0 unspecified atom stereocenters. The number of hydrogen-bond donors (Lipinski definition) is 0. The minimum absolute atomic E-state index is 0.115. The van der Waals surface area contributed by atoms with Crippen molar-refractivity contribution in [3.63, 3.8) is 0 Å². The van der Waals surface area contributed by atoms with Gasteiger partial charge in [-0.15, -0.1) is 0 Å². The molecule has 1 aromatic rings. The van der Waals surface area contributed by atoms with E-state index in [9.17, 15) is 4.79 Å². The Morgan fingerprint density at radius 3 is 2.50 bits per heavy atom. The van der Waals surface area contributed by atoms with E-state index in [2.05, 4.69) is 41.6 Å². The normalized spacial score (nSPS) is 12.0. The third kappa shape index (κ3) is 8.22. The SMILES string of the molecule is CCCCCC/C(CC(=O)OCC)=C(/I)Sc1ccccc1. The zero-order chi connectivity index (χ0) is 16.2. The highest BCUT2D eigenvalue weighted by Gasteiger charge is 2.12. The van der Waals surface area contributed by atoms with Crippen molar-refractivity contribution in [3.05, 3.63) is 38.8 Å². The van der Waals surface area contributed by atoms with Gasteiger partial charge in [0.25, 0.3) is 0 Å². The van der Waals surface area contributed by atoms with Gasteiger partial charge in [0.2, 0.25) is 0 Å². The Morgan fingerprint density at radius 2 is 1.86 bits per heavy atom. The molecular weight excluding hydrogens is 407 g/mol. The van der Waals surface area contributed by atoms with Gasteiger partial charge in [0, 0.05) is 4.90 Å². The van der Waals surface area contributed by atoms with Gasteiger partial charge < -0.3 is 4.74 Å². The summed E-state index contributed by atoms with van der Waals surface area (Å²) in [6, 6.07) is 10.3. The lowest BCUT2D eigenvalue weighted by molar-refractivity contribution is -0.142. The van der Waals surface area contributed by atoms with Gasteiger partial charge in [0.05, 0.1) is 15.9 Å². The van der Waals surface area contributed by atoms with Crippen molar-refractivity contribution in [2.45, 2.75) is 57.3 Å². The second-order valence-electron chi connectivity index (χ2n) is 5.08. The monoisotopic (exact) mass is 432 g/mol. The molecule has 0 heterocycles. The standard InChI is InChI=1S/C18H25IO2S/c1-3-5-6-8-11-15(14-17(20)21-4-2)18(19)22-16-12-9-7-10-13-16/h7,9-10,12-13H,3-6,8,11,14H2,1-2H3/b18-15+. The molecule has 0 aliphatic heterocycles. The van der Waals surface area contributed by atoms with Crippen LogP contribution in [0.5, 0.6) is 0 Å². The molecule has 122 valence electrons. The molecule has 0 radical (unpaired) electrons. The molecule has 2 nitrogen and oxygen atoms in total. The number of carbonyl (C=O) groups excluding carboxylic acids is 1. The molecule has 0 N–H and O–H groups in total. The lowest BCUT2D eigenvalue weighted by Crippen LogP contribution is -2.05. The number of ether oxygens (including phenoxy) is 1. The molecule has 0 spiro atoms. The highest BCUT2D eigenvalue weighted by atomic mass is 127. The van der Waals surface area contributed by atoms with E-state index < -0.39 is 0 Å². The van der Waals surface area contributed by atoms with E-state index >= 15 is 0 Å². The molecule has 1 aromatic carbocycles. The number of hydrogen-bond acceptors (Lipinski definition) is 3. The average molecular weight is 432 g/mol. The van der Waals surface area contributed by atoms with E-state index in [4.69, 9.17) is 4.74 Å². The lowest BCUT2D eigenvalue weighted by atomic mass is 10.1. The fraction of sp³-hybridized carbons (Fsp3) is 0.500. The summed E-state index contributed by atoms with van der Waals surface area (Å²) >= 11 is 4.10. The average Bonchev–Trinajstić information content (AvgIpc) is 2.51. The predicted octanol–water partition coefficient (Wildman–Crippen LogP) is 6.35. The van der Waals surface area contributed by atoms with Crippen molar-refractivity contribution < 1.29 is 9.53 Å². The minimum atomic E-state index is -0.115. The third-order valence-corrected chi connectivity index (χ3v) is 5.62. The molecule has 0 saturated carbocycles. The molecule has 1 rings (SSSR count). The number of esters is 1. The first-order valence-corrected chi connectivity index (χ1v) is 9.82. The van der Waals surface area contributed by atoms with Crippen molar-refractivity contribution in [3.8, 4) is 0 Å². The van der Waals surface area contributed by atoms with Crippen LogP contribution in [-0.2, 0) is 9.53 Å². The van der Waals surface area contributed by atoms with Gasteiger partial charge in [-0.1, -0.05) is 56.1 Å². The molecule has 0 bridgehead atoms. The maximum atomic E-state index is 11.8. The van der Waals surface area contributed by atoms with Crippen LogP contribution in [0.2, 0.25) is 0 Å². The van der Waals surface area contributed by atoms with Crippen LogP contribution in [0.4, 0.5) is 0 Å². The summed E-state index contributed by atoms with van der Waals surface area (Å²) in [5, 5.41) is 0.